The van der Waals surface area contributed by atoms with Crippen LogP contribution in [0.3, 0.4) is 0 Å². The Hall–Kier alpha value is -3.55. The second-order valence-corrected chi connectivity index (χ2v) is 11.6. The third-order valence-electron chi connectivity index (χ3n) is 8.98. The molecule has 3 aromatic rings. The average Bonchev–Trinajstić information content (AvgIpc) is 3.19. The Morgan fingerprint density at radius 3 is 2.52 bits per heavy atom. The molecule has 1 saturated heterocycles. The summed E-state index contributed by atoms with van der Waals surface area (Å²) in [6.07, 6.45) is 8.31. The fourth-order valence-electron chi connectivity index (χ4n) is 6.32. The number of amides is 2. The van der Waals surface area contributed by atoms with Crippen molar-refractivity contribution in [3.05, 3.63) is 64.1 Å². The number of aromatic nitrogens is 2. The quantitative estimate of drug-likeness (QED) is 0.536. The van der Waals surface area contributed by atoms with Gasteiger partial charge in [0.2, 0.25) is 11.8 Å². The smallest absolute Gasteiger partial charge is 0.328 e. The monoisotopic (exact) mass is 546 g/mol. The topological polar surface area (TPSA) is 85.6 Å². The Balaban J connectivity index is 1.18. The van der Waals surface area contributed by atoms with Crippen molar-refractivity contribution in [1.29, 1.82) is 0 Å². The van der Waals surface area contributed by atoms with E-state index in [1.165, 1.54) is 5.56 Å². The summed E-state index contributed by atoms with van der Waals surface area (Å²) < 4.78 is 9.27. The van der Waals surface area contributed by atoms with Crippen LogP contribution >= 0.6 is 0 Å². The van der Waals surface area contributed by atoms with Gasteiger partial charge in [0.05, 0.1) is 17.6 Å². The molecule has 0 radical (unpaired) electrons. The van der Waals surface area contributed by atoms with Gasteiger partial charge in [0, 0.05) is 46.6 Å². The van der Waals surface area contributed by atoms with Crippen LogP contribution in [0.1, 0.15) is 62.5 Å². The van der Waals surface area contributed by atoms with E-state index in [4.69, 9.17) is 4.74 Å². The number of hydrogen-bond acceptors (Lipinski definition) is 4. The number of piperidine rings is 1. The van der Waals surface area contributed by atoms with Crippen LogP contribution < -0.4 is 15.7 Å². The van der Waals surface area contributed by atoms with Crippen LogP contribution in [-0.2, 0) is 36.5 Å². The van der Waals surface area contributed by atoms with Gasteiger partial charge in [-0.1, -0.05) is 30.7 Å². The number of carbonyl (C=O) groups is 2. The van der Waals surface area contributed by atoms with Crippen molar-refractivity contribution in [2.24, 2.45) is 19.5 Å². The van der Waals surface area contributed by atoms with E-state index < -0.39 is 0 Å². The van der Waals surface area contributed by atoms with Gasteiger partial charge in [-0.05, 0) is 79.7 Å². The molecule has 0 saturated carbocycles. The van der Waals surface area contributed by atoms with Gasteiger partial charge >= 0.3 is 5.69 Å². The number of benzene rings is 2. The van der Waals surface area contributed by atoms with Crippen molar-refractivity contribution in [1.82, 2.24) is 19.4 Å². The molecule has 8 heteroatoms. The lowest BCUT2D eigenvalue weighted by Crippen LogP contribution is -2.48. The fourth-order valence-corrected chi connectivity index (χ4v) is 6.32. The van der Waals surface area contributed by atoms with Crippen molar-refractivity contribution in [2.75, 3.05) is 26.2 Å². The van der Waals surface area contributed by atoms with E-state index in [0.717, 1.165) is 74.0 Å². The molecule has 214 valence electrons. The number of nitrogens with zero attached hydrogens (tertiary/aromatic N) is 3. The first-order valence-corrected chi connectivity index (χ1v) is 14.7. The van der Waals surface area contributed by atoms with Gasteiger partial charge in [-0.2, -0.15) is 0 Å². The number of rotatable bonds is 3. The molecule has 40 heavy (non-hydrogen) atoms. The lowest BCUT2D eigenvalue weighted by Gasteiger charge is -2.42. The normalized spacial score (nSPS) is 18.6. The maximum absolute atomic E-state index is 13.2. The molecule has 0 aliphatic carbocycles. The number of hydrogen-bond donors (Lipinski definition) is 1. The van der Waals surface area contributed by atoms with Crippen molar-refractivity contribution in [2.45, 2.75) is 64.2 Å². The maximum atomic E-state index is 13.2. The van der Waals surface area contributed by atoms with Gasteiger partial charge in [-0.25, -0.2) is 4.79 Å². The Morgan fingerprint density at radius 1 is 0.925 bits per heavy atom. The zero-order chi connectivity index (χ0) is 28.1. The first-order chi connectivity index (χ1) is 19.3. The van der Waals surface area contributed by atoms with E-state index >= 15 is 0 Å². The fraction of sp³-hybridized carbons (Fsp3) is 0.531. The van der Waals surface area contributed by atoms with Gasteiger partial charge in [0.1, 0.15) is 5.75 Å². The Labute approximate surface area is 236 Å². The highest BCUT2D eigenvalue weighted by Crippen LogP contribution is 2.37. The van der Waals surface area contributed by atoms with Crippen molar-refractivity contribution in [3.8, 4) is 5.75 Å². The highest BCUT2D eigenvalue weighted by atomic mass is 16.5. The molecule has 1 fully saturated rings. The largest absolute Gasteiger partial charge is 0.493 e. The average molecular weight is 547 g/mol. The molecule has 1 aromatic heterocycles. The predicted molar refractivity (Wildman–Crippen MR) is 156 cm³/mol. The summed E-state index contributed by atoms with van der Waals surface area (Å²) in [5.41, 5.74) is 4.10. The highest BCUT2D eigenvalue weighted by molar-refractivity contribution is 5.79. The molecule has 2 aliphatic rings. The van der Waals surface area contributed by atoms with Crippen molar-refractivity contribution >= 4 is 22.8 Å². The maximum Gasteiger partial charge on any atom is 0.328 e. The number of fused-ring (bicyclic) bond motifs is 2. The zero-order valence-corrected chi connectivity index (χ0v) is 23.9. The van der Waals surface area contributed by atoms with Gasteiger partial charge in [0.25, 0.3) is 0 Å². The number of aryl methyl sites for hydroxylation is 4. The Kier molecular flexibility index (Phi) is 8.62. The molecule has 3 heterocycles. The van der Waals surface area contributed by atoms with Crippen LogP contribution in [-0.4, -0.2) is 52.1 Å². The van der Waals surface area contributed by atoms with Crippen LogP contribution in [0.2, 0.25) is 0 Å². The number of ether oxygens (including phenoxy) is 1. The van der Waals surface area contributed by atoms with Gasteiger partial charge in [0.15, 0.2) is 0 Å². The van der Waals surface area contributed by atoms with E-state index in [0.29, 0.717) is 38.8 Å². The van der Waals surface area contributed by atoms with Crippen LogP contribution in [0.15, 0.2) is 47.3 Å². The molecule has 1 N–H and O–H groups in total. The second-order valence-electron chi connectivity index (χ2n) is 11.6. The molecule has 8 nitrogen and oxygen atoms in total. The molecule has 0 atom stereocenters. The molecule has 2 aliphatic heterocycles. The van der Waals surface area contributed by atoms with Gasteiger partial charge < -0.3 is 15.0 Å². The Morgan fingerprint density at radius 2 is 1.70 bits per heavy atom. The first kappa shape index (κ1) is 28.0. The van der Waals surface area contributed by atoms with Gasteiger partial charge in [-0.15, -0.1) is 0 Å². The summed E-state index contributed by atoms with van der Waals surface area (Å²) in [5.74, 6) is 1.20. The lowest BCUT2D eigenvalue weighted by molar-refractivity contribution is -0.134. The number of likely N-dealkylation sites (tertiary alicyclic amines) is 1. The van der Waals surface area contributed by atoms with Gasteiger partial charge in [-0.3, -0.25) is 18.7 Å². The van der Waals surface area contributed by atoms with Crippen molar-refractivity contribution in [3.63, 3.8) is 0 Å². The number of para-hydroxylation sites is 1. The van der Waals surface area contributed by atoms with Crippen LogP contribution in [0.4, 0.5) is 0 Å². The molecular formula is C32H42N4O4. The van der Waals surface area contributed by atoms with E-state index in [9.17, 15) is 14.4 Å². The minimum absolute atomic E-state index is 0.0374. The number of nitrogens with one attached hydrogen (secondary N) is 1. The summed E-state index contributed by atoms with van der Waals surface area (Å²) in [6.45, 7) is 2.69. The minimum atomic E-state index is -0.0433. The highest BCUT2D eigenvalue weighted by Gasteiger charge is 2.35. The summed E-state index contributed by atoms with van der Waals surface area (Å²) >= 11 is 0. The van der Waals surface area contributed by atoms with Crippen LogP contribution in [0, 0.1) is 5.41 Å². The minimum Gasteiger partial charge on any atom is -0.493 e. The molecule has 1 spiro atoms. The summed E-state index contributed by atoms with van der Waals surface area (Å²) in [6, 6.07) is 14.2. The number of imidazole rings is 1. The predicted octanol–water partition coefficient (Wildman–Crippen LogP) is 4.12. The second kappa shape index (κ2) is 12.3. The Bertz CT molecular complexity index is 1410. The van der Waals surface area contributed by atoms with E-state index in [2.05, 4.69) is 17.4 Å². The van der Waals surface area contributed by atoms with E-state index in [-0.39, 0.29) is 22.9 Å². The third kappa shape index (κ3) is 6.26. The zero-order valence-electron chi connectivity index (χ0n) is 23.9. The molecule has 0 unspecified atom stereocenters. The molecular weight excluding hydrogens is 504 g/mol. The van der Waals surface area contributed by atoms with Crippen molar-refractivity contribution < 1.29 is 14.3 Å². The SMILES string of the molecule is Cn1c(=O)n(C)c2cc(CCC(=O)N3CCC4(CCCCc5ccccc5OCCCC(=O)NC4)CC3)ccc21. The number of carbonyl (C=O) groups excluding carboxylic acids is 2. The van der Waals surface area contributed by atoms with E-state index in [1.807, 2.05) is 35.2 Å². The lowest BCUT2D eigenvalue weighted by atomic mass is 9.74. The molecule has 0 bridgehead atoms. The van der Waals surface area contributed by atoms with Crippen LogP contribution in [0.5, 0.6) is 5.75 Å². The molecule has 5 rings (SSSR count). The summed E-state index contributed by atoms with van der Waals surface area (Å²) in [5, 5.41) is 3.21. The first-order valence-electron chi connectivity index (χ1n) is 14.7. The van der Waals surface area contributed by atoms with E-state index in [1.54, 1.807) is 23.2 Å². The summed E-state index contributed by atoms with van der Waals surface area (Å²) in [4.78, 5) is 40.0. The van der Waals surface area contributed by atoms with Crippen LogP contribution in [0.25, 0.3) is 11.0 Å². The summed E-state index contributed by atoms with van der Waals surface area (Å²) in [7, 11) is 3.56. The standard InChI is InChI=1S/C32H42N4O4/c1-34-26-14-12-24(22-27(26)35(2)31(34)39)13-15-30(38)36-19-17-32(18-20-36)16-6-5-9-25-8-3-4-10-28(25)40-21-7-11-29(37)33-23-32/h3-4,8,10,12,14,22H,5-7,9,11,13,15-21,23H2,1-2H3,(H,33,37). The molecule has 2 amide bonds. The molecule has 2 aromatic carbocycles. The third-order valence-corrected chi connectivity index (χ3v) is 8.98.